The lowest BCUT2D eigenvalue weighted by atomic mass is 9.74. The summed E-state index contributed by atoms with van der Waals surface area (Å²) in [5.41, 5.74) is 5.45. The summed E-state index contributed by atoms with van der Waals surface area (Å²) in [4.78, 5) is 13.9. The highest BCUT2D eigenvalue weighted by molar-refractivity contribution is 5.84. The molecular weight excluding hydrogens is 238 g/mol. The molecule has 1 aliphatic heterocycles. The molecule has 1 aliphatic rings. The van der Waals surface area contributed by atoms with Crippen molar-refractivity contribution in [1.29, 1.82) is 0 Å². The Kier molecular flexibility index (Phi) is 5.81. The molecule has 1 unspecified atom stereocenters. The topological polar surface area (TPSA) is 58.4 Å². The van der Waals surface area contributed by atoms with Crippen molar-refractivity contribution in [3.8, 4) is 0 Å². The van der Waals surface area contributed by atoms with Gasteiger partial charge in [-0.3, -0.25) is 4.79 Å². The van der Waals surface area contributed by atoms with Crippen LogP contribution in [0.15, 0.2) is 0 Å². The minimum Gasteiger partial charge on any atom is -0.368 e. The van der Waals surface area contributed by atoms with Gasteiger partial charge >= 0.3 is 0 Å². The number of hydrogen-bond acceptors (Lipinski definition) is 3. The van der Waals surface area contributed by atoms with Crippen LogP contribution in [0.2, 0.25) is 0 Å². The Morgan fingerprint density at radius 1 is 1.32 bits per heavy atom. The van der Waals surface area contributed by atoms with Gasteiger partial charge in [0.25, 0.3) is 0 Å². The van der Waals surface area contributed by atoms with E-state index in [4.69, 9.17) is 5.73 Å². The van der Waals surface area contributed by atoms with Crippen molar-refractivity contribution in [2.75, 3.05) is 26.7 Å². The van der Waals surface area contributed by atoms with Crippen molar-refractivity contribution < 1.29 is 4.79 Å². The SMILES string of the molecule is CCC1(CC)CCN(CCC(C)(NC)C(N)=O)CC1. The van der Waals surface area contributed by atoms with Crippen LogP contribution in [0.4, 0.5) is 0 Å². The van der Waals surface area contributed by atoms with Gasteiger partial charge in [-0.25, -0.2) is 0 Å². The van der Waals surface area contributed by atoms with Gasteiger partial charge in [-0.15, -0.1) is 0 Å². The molecule has 0 aromatic heterocycles. The molecule has 4 heteroatoms. The summed E-state index contributed by atoms with van der Waals surface area (Å²) in [5.74, 6) is -0.261. The average Bonchev–Trinajstić information content (AvgIpc) is 2.45. The summed E-state index contributed by atoms with van der Waals surface area (Å²) < 4.78 is 0. The number of hydrogen-bond donors (Lipinski definition) is 2. The molecule has 112 valence electrons. The van der Waals surface area contributed by atoms with Gasteiger partial charge in [0.2, 0.25) is 5.91 Å². The van der Waals surface area contributed by atoms with Crippen molar-refractivity contribution in [2.24, 2.45) is 11.1 Å². The van der Waals surface area contributed by atoms with Gasteiger partial charge in [0.15, 0.2) is 0 Å². The van der Waals surface area contributed by atoms with E-state index in [1.54, 1.807) is 7.05 Å². The first-order valence-corrected chi connectivity index (χ1v) is 7.62. The predicted octanol–water partition coefficient (Wildman–Crippen LogP) is 1.74. The largest absolute Gasteiger partial charge is 0.368 e. The number of likely N-dealkylation sites (tertiary alicyclic amines) is 1. The zero-order chi connectivity index (χ0) is 14.5. The highest BCUT2D eigenvalue weighted by atomic mass is 16.1. The summed E-state index contributed by atoms with van der Waals surface area (Å²) in [7, 11) is 1.81. The van der Waals surface area contributed by atoms with Gasteiger partial charge in [-0.2, -0.15) is 0 Å². The zero-order valence-corrected chi connectivity index (χ0v) is 13.1. The Balaban J connectivity index is 2.44. The van der Waals surface area contributed by atoms with Crippen LogP contribution in [0.5, 0.6) is 0 Å². The second-order valence-corrected chi connectivity index (χ2v) is 6.25. The Morgan fingerprint density at radius 2 is 1.84 bits per heavy atom. The van der Waals surface area contributed by atoms with Gasteiger partial charge in [0, 0.05) is 6.54 Å². The van der Waals surface area contributed by atoms with E-state index in [-0.39, 0.29) is 5.91 Å². The summed E-state index contributed by atoms with van der Waals surface area (Å²) in [6, 6.07) is 0. The molecule has 0 saturated carbocycles. The number of likely N-dealkylation sites (N-methyl/N-ethyl adjacent to an activating group) is 1. The number of nitrogens with zero attached hydrogens (tertiary/aromatic N) is 1. The lowest BCUT2D eigenvalue weighted by Crippen LogP contribution is -2.53. The Morgan fingerprint density at radius 3 is 2.21 bits per heavy atom. The normalized spacial score (nSPS) is 22.9. The number of amides is 1. The van der Waals surface area contributed by atoms with E-state index in [9.17, 15) is 4.79 Å². The van der Waals surface area contributed by atoms with E-state index < -0.39 is 5.54 Å². The number of nitrogens with two attached hydrogens (primary N) is 1. The van der Waals surface area contributed by atoms with Crippen LogP contribution < -0.4 is 11.1 Å². The molecule has 19 heavy (non-hydrogen) atoms. The quantitative estimate of drug-likeness (QED) is 0.740. The summed E-state index contributed by atoms with van der Waals surface area (Å²) >= 11 is 0. The molecule has 1 heterocycles. The minimum absolute atomic E-state index is 0.261. The van der Waals surface area contributed by atoms with Crippen molar-refractivity contribution in [1.82, 2.24) is 10.2 Å². The average molecular weight is 269 g/mol. The second kappa shape index (κ2) is 6.71. The molecule has 0 aromatic rings. The molecule has 1 atom stereocenters. The van der Waals surface area contributed by atoms with Crippen molar-refractivity contribution >= 4 is 5.91 Å². The fourth-order valence-electron chi connectivity index (χ4n) is 2.96. The van der Waals surface area contributed by atoms with Crippen molar-refractivity contribution in [2.45, 2.75) is 58.4 Å². The van der Waals surface area contributed by atoms with Crippen molar-refractivity contribution in [3.63, 3.8) is 0 Å². The molecular formula is C15H31N3O. The Hall–Kier alpha value is -0.610. The van der Waals surface area contributed by atoms with Gasteiger partial charge in [0.05, 0.1) is 5.54 Å². The number of primary amides is 1. The van der Waals surface area contributed by atoms with Gasteiger partial charge in [-0.05, 0) is 51.7 Å². The third-order valence-corrected chi connectivity index (χ3v) is 5.44. The molecule has 0 spiro atoms. The van der Waals surface area contributed by atoms with Crippen LogP contribution in [-0.2, 0) is 4.79 Å². The fourth-order valence-corrected chi connectivity index (χ4v) is 2.96. The van der Waals surface area contributed by atoms with Gasteiger partial charge < -0.3 is 16.0 Å². The predicted molar refractivity (Wildman–Crippen MR) is 80.0 cm³/mol. The van der Waals surface area contributed by atoms with Gasteiger partial charge in [-0.1, -0.05) is 26.7 Å². The molecule has 3 N–H and O–H groups in total. The Bertz CT molecular complexity index is 292. The third-order valence-electron chi connectivity index (χ3n) is 5.44. The maximum Gasteiger partial charge on any atom is 0.237 e. The first-order chi connectivity index (χ1) is 8.91. The molecule has 0 bridgehead atoms. The van der Waals surface area contributed by atoms with Crippen LogP contribution >= 0.6 is 0 Å². The molecule has 1 amide bonds. The first kappa shape index (κ1) is 16.4. The van der Waals surface area contributed by atoms with Crippen LogP contribution in [-0.4, -0.2) is 43.0 Å². The molecule has 1 saturated heterocycles. The number of piperidine rings is 1. The van der Waals surface area contributed by atoms with E-state index in [2.05, 4.69) is 24.1 Å². The fraction of sp³-hybridized carbons (Fsp3) is 0.933. The number of carbonyl (C=O) groups is 1. The van der Waals surface area contributed by atoms with Crippen LogP contribution in [0, 0.1) is 5.41 Å². The molecule has 1 rings (SSSR count). The standard InChI is InChI=1S/C15H31N3O/c1-5-15(6-2)8-11-18(12-9-15)10-7-14(3,17-4)13(16)19/h17H,5-12H2,1-4H3,(H2,16,19). The summed E-state index contributed by atoms with van der Waals surface area (Å²) in [6.45, 7) is 9.76. The highest BCUT2D eigenvalue weighted by Gasteiger charge is 2.33. The molecule has 4 nitrogen and oxygen atoms in total. The Labute approximate surface area is 118 Å². The first-order valence-electron chi connectivity index (χ1n) is 7.62. The maximum absolute atomic E-state index is 11.5. The summed E-state index contributed by atoms with van der Waals surface area (Å²) in [5, 5.41) is 3.05. The van der Waals surface area contributed by atoms with Crippen LogP contribution in [0.25, 0.3) is 0 Å². The number of nitrogens with one attached hydrogen (secondary N) is 1. The van der Waals surface area contributed by atoms with Crippen LogP contribution in [0.3, 0.4) is 0 Å². The lowest BCUT2D eigenvalue weighted by Gasteiger charge is -2.41. The van der Waals surface area contributed by atoms with E-state index >= 15 is 0 Å². The molecule has 1 fully saturated rings. The smallest absolute Gasteiger partial charge is 0.237 e. The molecule has 0 aliphatic carbocycles. The highest BCUT2D eigenvalue weighted by Crippen LogP contribution is 2.37. The van der Waals surface area contributed by atoms with Gasteiger partial charge in [0.1, 0.15) is 0 Å². The summed E-state index contributed by atoms with van der Waals surface area (Å²) in [6.07, 6.45) is 5.92. The maximum atomic E-state index is 11.5. The zero-order valence-electron chi connectivity index (χ0n) is 13.1. The van der Waals surface area contributed by atoms with Crippen LogP contribution in [0.1, 0.15) is 52.9 Å². The second-order valence-electron chi connectivity index (χ2n) is 6.25. The van der Waals surface area contributed by atoms with E-state index in [0.717, 1.165) is 26.1 Å². The lowest BCUT2D eigenvalue weighted by molar-refractivity contribution is -0.124. The van der Waals surface area contributed by atoms with E-state index in [1.165, 1.54) is 25.7 Å². The minimum atomic E-state index is -0.579. The van der Waals surface area contributed by atoms with Crippen molar-refractivity contribution in [3.05, 3.63) is 0 Å². The number of rotatable bonds is 7. The molecule has 0 aromatic carbocycles. The monoisotopic (exact) mass is 269 g/mol. The third kappa shape index (κ3) is 3.93. The number of carbonyl (C=O) groups excluding carboxylic acids is 1. The van der Waals surface area contributed by atoms with E-state index in [1.807, 2.05) is 6.92 Å². The van der Waals surface area contributed by atoms with E-state index in [0.29, 0.717) is 5.41 Å². The molecule has 0 radical (unpaired) electrons.